The zero-order valence-corrected chi connectivity index (χ0v) is 25.5. The summed E-state index contributed by atoms with van der Waals surface area (Å²) in [7, 11) is 0. The van der Waals surface area contributed by atoms with E-state index in [9.17, 15) is 30.0 Å². The maximum atomic E-state index is 12.7. The largest absolute Gasteiger partial charge is 0.462 e. The van der Waals surface area contributed by atoms with E-state index in [4.69, 9.17) is 23.7 Å². The highest BCUT2D eigenvalue weighted by molar-refractivity contribution is 5.95. The molecule has 0 spiro atoms. The van der Waals surface area contributed by atoms with Crippen molar-refractivity contribution in [1.82, 2.24) is 10.6 Å². The van der Waals surface area contributed by atoms with Gasteiger partial charge in [-0.15, -0.1) is 0 Å². The molecular weight excluding hydrogens is 576 g/mol. The molecule has 2 aromatic rings. The number of hydrogen-bond donors (Lipinski definition) is 6. The fourth-order valence-corrected chi connectivity index (χ4v) is 4.29. The second kappa shape index (κ2) is 16.7. The molecule has 13 nitrogen and oxygen atoms in total. The summed E-state index contributed by atoms with van der Waals surface area (Å²) in [5.74, 6) is 0.133. The zero-order chi connectivity index (χ0) is 32.3. The Balaban J connectivity index is 1.40. The molecule has 13 heteroatoms. The normalized spacial score (nSPS) is 21.9. The van der Waals surface area contributed by atoms with Crippen molar-refractivity contribution in [2.45, 2.75) is 64.0 Å². The maximum absolute atomic E-state index is 12.7. The van der Waals surface area contributed by atoms with E-state index >= 15 is 0 Å². The first kappa shape index (κ1) is 35.2. The van der Waals surface area contributed by atoms with Crippen LogP contribution in [0.3, 0.4) is 0 Å². The van der Waals surface area contributed by atoms with Crippen molar-refractivity contribution in [3.63, 3.8) is 0 Å². The Labute approximate surface area is 257 Å². The number of rotatable bonds is 14. The van der Waals surface area contributed by atoms with E-state index in [-0.39, 0.29) is 5.91 Å². The number of carbonyl (C=O) groups is 2. The molecule has 1 heterocycles. The second-order valence-electron chi connectivity index (χ2n) is 11.3. The summed E-state index contributed by atoms with van der Waals surface area (Å²) < 4.78 is 27.2. The lowest BCUT2D eigenvalue weighted by Crippen LogP contribution is -2.60. The fraction of sp³-hybridized carbons (Fsp3) is 0.548. The van der Waals surface area contributed by atoms with Crippen molar-refractivity contribution in [3.05, 3.63) is 53.6 Å². The number of hydrogen-bond acceptors (Lipinski definition) is 11. The molecule has 0 unspecified atom stereocenters. The van der Waals surface area contributed by atoms with Gasteiger partial charge in [0.25, 0.3) is 5.91 Å². The third kappa shape index (κ3) is 10.7. The summed E-state index contributed by atoms with van der Waals surface area (Å²) in [4.78, 5) is 24.3. The number of aryl methyl sites for hydroxylation is 1. The van der Waals surface area contributed by atoms with Crippen LogP contribution in [0.15, 0.2) is 42.5 Å². The van der Waals surface area contributed by atoms with Crippen LogP contribution in [0, 0.1) is 6.92 Å². The fourth-order valence-electron chi connectivity index (χ4n) is 4.29. The predicted molar refractivity (Wildman–Crippen MR) is 159 cm³/mol. The average Bonchev–Trinajstić information content (AvgIpc) is 2.98. The Morgan fingerprint density at radius 1 is 0.864 bits per heavy atom. The van der Waals surface area contributed by atoms with Gasteiger partial charge in [-0.25, -0.2) is 4.79 Å². The number of amides is 2. The van der Waals surface area contributed by atoms with E-state index in [1.165, 1.54) is 0 Å². The molecule has 44 heavy (non-hydrogen) atoms. The van der Waals surface area contributed by atoms with E-state index in [0.717, 1.165) is 11.1 Å². The Morgan fingerprint density at radius 2 is 1.52 bits per heavy atom. The van der Waals surface area contributed by atoms with Crippen molar-refractivity contribution < 1.29 is 53.7 Å². The van der Waals surface area contributed by atoms with Crippen LogP contribution in [0.1, 0.15) is 36.7 Å². The molecule has 0 bridgehead atoms. The van der Waals surface area contributed by atoms with Crippen molar-refractivity contribution in [2.75, 3.05) is 46.1 Å². The number of nitrogens with one attached hydrogen (secondary N) is 2. The van der Waals surface area contributed by atoms with Gasteiger partial charge in [-0.05, 0) is 68.7 Å². The van der Waals surface area contributed by atoms with Crippen molar-refractivity contribution in [1.29, 1.82) is 0 Å². The van der Waals surface area contributed by atoms with Crippen LogP contribution in [0.2, 0.25) is 0 Å². The monoisotopic (exact) mass is 620 g/mol. The van der Waals surface area contributed by atoms with E-state index in [1.54, 1.807) is 58.0 Å². The number of alkyl carbamates (subject to hydrolysis) is 1. The van der Waals surface area contributed by atoms with Gasteiger partial charge in [-0.3, -0.25) is 4.79 Å². The summed E-state index contributed by atoms with van der Waals surface area (Å²) in [6.07, 6.45) is -7.37. The molecule has 6 N–H and O–H groups in total. The zero-order valence-electron chi connectivity index (χ0n) is 25.5. The molecule has 1 saturated heterocycles. The molecule has 3 rings (SSSR count). The van der Waals surface area contributed by atoms with E-state index in [2.05, 4.69) is 10.6 Å². The standard InChI is InChI=1S/C31H44N2O11/c1-19-16-21(8-9-23(19)42-29-27(37)26(36)25(35)24(18-34)43-29)20-6-5-7-22(17-20)28(38)32-10-12-40-14-15-41-13-11-33-30(39)44-31(2,3)4/h5-9,16-17,24-27,29,34-37H,10-15,18H2,1-4H3,(H,32,38)(H,33,39)/t24-,25-,26+,27+,29+/m1/s1. The van der Waals surface area contributed by atoms with Gasteiger partial charge < -0.3 is 54.7 Å². The molecule has 2 amide bonds. The number of carbonyl (C=O) groups excluding carboxylic acids is 2. The highest BCUT2D eigenvalue weighted by Crippen LogP contribution is 2.30. The van der Waals surface area contributed by atoms with Crippen molar-refractivity contribution in [3.8, 4) is 16.9 Å². The summed E-state index contributed by atoms with van der Waals surface area (Å²) in [6, 6.07) is 12.4. The Bertz CT molecular complexity index is 1220. The van der Waals surface area contributed by atoms with Gasteiger partial charge >= 0.3 is 6.09 Å². The van der Waals surface area contributed by atoms with Gasteiger partial charge in [0.1, 0.15) is 35.8 Å². The lowest BCUT2D eigenvalue weighted by molar-refractivity contribution is -0.277. The lowest BCUT2D eigenvalue weighted by atomic mass is 9.99. The van der Waals surface area contributed by atoms with Crippen LogP contribution in [-0.2, 0) is 18.9 Å². The minimum absolute atomic E-state index is 0.251. The summed E-state index contributed by atoms with van der Waals surface area (Å²) in [5, 5.41) is 45.1. The Kier molecular flexibility index (Phi) is 13.3. The molecule has 0 aromatic heterocycles. The predicted octanol–water partition coefficient (Wildman–Crippen LogP) is 1.13. The van der Waals surface area contributed by atoms with Gasteiger partial charge in [0.05, 0.1) is 33.0 Å². The van der Waals surface area contributed by atoms with Gasteiger partial charge in [-0.1, -0.05) is 18.2 Å². The van der Waals surface area contributed by atoms with E-state index in [0.29, 0.717) is 56.4 Å². The number of ether oxygens (including phenoxy) is 5. The molecule has 1 fully saturated rings. The van der Waals surface area contributed by atoms with E-state index in [1.807, 2.05) is 12.1 Å². The highest BCUT2D eigenvalue weighted by Gasteiger charge is 2.44. The van der Waals surface area contributed by atoms with Crippen LogP contribution in [0.25, 0.3) is 11.1 Å². The van der Waals surface area contributed by atoms with Crippen molar-refractivity contribution in [2.24, 2.45) is 0 Å². The van der Waals surface area contributed by atoms with Crippen molar-refractivity contribution >= 4 is 12.0 Å². The SMILES string of the molecule is Cc1cc(-c2cccc(C(=O)NCCOCCOCCNC(=O)OC(C)(C)C)c2)ccc1O[C@H]1O[C@H](CO)[C@@H](O)[C@H](O)[C@@H]1O. The molecular formula is C31H44N2O11. The van der Waals surface area contributed by atoms with Crippen LogP contribution in [0.4, 0.5) is 4.79 Å². The summed E-state index contributed by atoms with van der Waals surface area (Å²) in [5.41, 5.74) is 2.25. The molecule has 1 aliphatic heterocycles. The smallest absolute Gasteiger partial charge is 0.407 e. The first-order chi connectivity index (χ1) is 20.9. The van der Waals surface area contributed by atoms with Crippen LogP contribution < -0.4 is 15.4 Å². The third-order valence-corrected chi connectivity index (χ3v) is 6.54. The number of aliphatic hydroxyl groups excluding tert-OH is 4. The molecule has 244 valence electrons. The molecule has 0 saturated carbocycles. The van der Waals surface area contributed by atoms with Gasteiger partial charge in [0.15, 0.2) is 0 Å². The highest BCUT2D eigenvalue weighted by atomic mass is 16.7. The van der Waals surface area contributed by atoms with Gasteiger partial charge in [-0.2, -0.15) is 0 Å². The Morgan fingerprint density at radius 3 is 2.16 bits per heavy atom. The average molecular weight is 621 g/mol. The topological polar surface area (TPSA) is 185 Å². The van der Waals surface area contributed by atoms with E-state index < -0.39 is 49.0 Å². The second-order valence-corrected chi connectivity index (χ2v) is 11.3. The number of benzene rings is 2. The molecule has 0 radical (unpaired) electrons. The quantitative estimate of drug-likeness (QED) is 0.166. The minimum atomic E-state index is -1.54. The van der Waals surface area contributed by atoms with Gasteiger partial charge in [0.2, 0.25) is 6.29 Å². The third-order valence-electron chi connectivity index (χ3n) is 6.54. The minimum Gasteiger partial charge on any atom is -0.462 e. The lowest BCUT2D eigenvalue weighted by Gasteiger charge is -2.39. The first-order valence-electron chi connectivity index (χ1n) is 14.5. The first-order valence-corrected chi connectivity index (χ1v) is 14.5. The van der Waals surface area contributed by atoms with Crippen LogP contribution >= 0.6 is 0 Å². The maximum Gasteiger partial charge on any atom is 0.407 e. The van der Waals surface area contributed by atoms with Crippen LogP contribution in [0.5, 0.6) is 5.75 Å². The molecule has 5 atom stereocenters. The Hall–Kier alpha value is -3.30. The summed E-state index contributed by atoms with van der Waals surface area (Å²) in [6.45, 7) is 8.57. The van der Waals surface area contributed by atoms with Gasteiger partial charge in [0, 0.05) is 18.7 Å². The number of aliphatic hydroxyl groups is 4. The molecule has 2 aromatic carbocycles. The molecule has 1 aliphatic rings. The van der Waals surface area contributed by atoms with Crippen LogP contribution in [-0.4, -0.2) is 115 Å². The summed E-state index contributed by atoms with van der Waals surface area (Å²) >= 11 is 0. The molecule has 0 aliphatic carbocycles.